The zero-order valence-corrected chi connectivity index (χ0v) is 7.49. The van der Waals surface area contributed by atoms with Gasteiger partial charge in [-0.3, -0.25) is 4.79 Å². The van der Waals surface area contributed by atoms with E-state index in [1.807, 2.05) is 6.92 Å². The Kier molecular flexibility index (Phi) is 3.09. The second-order valence-corrected chi connectivity index (χ2v) is 3.81. The molecule has 3 heteroatoms. The molecule has 0 aliphatic heterocycles. The molecule has 0 unspecified atom stereocenters. The van der Waals surface area contributed by atoms with E-state index in [-0.39, 0.29) is 12.0 Å². The largest absolute Gasteiger partial charge is 0.481 e. The molecule has 70 valence electrons. The van der Waals surface area contributed by atoms with Gasteiger partial charge in [0.2, 0.25) is 0 Å². The summed E-state index contributed by atoms with van der Waals surface area (Å²) in [6.45, 7) is 2.01. The first-order valence-corrected chi connectivity index (χ1v) is 4.59. The summed E-state index contributed by atoms with van der Waals surface area (Å²) in [4.78, 5) is 10.6. The van der Waals surface area contributed by atoms with Gasteiger partial charge in [0.25, 0.3) is 0 Å². The van der Waals surface area contributed by atoms with Gasteiger partial charge < -0.3 is 10.8 Å². The highest BCUT2D eigenvalue weighted by Gasteiger charge is 2.27. The highest BCUT2D eigenvalue weighted by molar-refractivity contribution is 5.69. The Morgan fingerprint density at radius 1 is 1.42 bits per heavy atom. The molecular weight excluding hydrogens is 154 g/mol. The number of hydrogen-bond donors (Lipinski definition) is 2. The molecule has 1 aliphatic rings. The van der Waals surface area contributed by atoms with Crippen molar-refractivity contribution in [2.24, 2.45) is 17.6 Å². The number of rotatable bonds is 2. The second-order valence-electron chi connectivity index (χ2n) is 3.81. The van der Waals surface area contributed by atoms with Crippen LogP contribution in [0.5, 0.6) is 0 Å². The zero-order valence-electron chi connectivity index (χ0n) is 7.49. The third-order valence-corrected chi connectivity index (χ3v) is 2.86. The highest BCUT2D eigenvalue weighted by atomic mass is 16.4. The fourth-order valence-corrected chi connectivity index (χ4v) is 1.89. The van der Waals surface area contributed by atoms with Gasteiger partial charge in [-0.25, -0.2) is 0 Å². The summed E-state index contributed by atoms with van der Waals surface area (Å²) < 4.78 is 0. The number of nitrogens with two attached hydrogens (primary N) is 1. The molecule has 12 heavy (non-hydrogen) atoms. The Morgan fingerprint density at radius 3 is 2.25 bits per heavy atom. The third kappa shape index (κ3) is 2.21. The number of hydrogen-bond acceptors (Lipinski definition) is 2. The maximum atomic E-state index is 10.6. The maximum absolute atomic E-state index is 10.6. The van der Waals surface area contributed by atoms with E-state index in [9.17, 15) is 4.79 Å². The second kappa shape index (κ2) is 3.90. The first kappa shape index (κ1) is 9.52. The first-order valence-electron chi connectivity index (χ1n) is 4.59. The lowest BCUT2D eigenvalue weighted by molar-refractivity contribution is -0.143. The lowest BCUT2D eigenvalue weighted by Gasteiger charge is -2.28. The van der Waals surface area contributed by atoms with Crippen LogP contribution in [0.25, 0.3) is 0 Å². The summed E-state index contributed by atoms with van der Waals surface area (Å²) in [6.07, 6.45) is 3.58. The van der Waals surface area contributed by atoms with Crippen LogP contribution < -0.4 is 5.73 Å². The molecule has 0 spiro atoms. The van der Waals surface area contributed by atoms with Gasteiger partial charge in [-0.15, -0.1) is 0 Å². The Bertz CT molecular complexity index is 160. The van der Waals surface area contributed by atoms with Gasteiger partial charge in [-0.1, -0.05) is 0 Å². The van der Waals surface area contributed by atoms with Crippen LogP contribution in [-0.2, 0) is 4.79 Å². The number of carboxylic acids is 1. The molecule has 1 rings (SSSR count). The van der Waals surface area contributed by atoms with Crippen LogP contribution in [0.3, 0.4) is 0 Å². The van der Waals surface area contributed by atoms with Crippen LogP contribution in [0.1, 0.15) is 32.6 Å². The van der Waals surface area contributed by atoms with Crippen molar-refractivity contribution in [2.75, 3.05) is 0 Å². The van der Waals surface area contributed by atoms with Gasteiger partial charge in [0.15, 0.2) is 0 Å². The van der Waals surface area contributed by atoms with Crippen molar-refractivity contribution in [3.8, 4) is 0 Å². The number of carbonyl (C=O) groups is 1. The van der Waals surface area contributed by atoms with Gasteiger partial charge in [0, 0.05) is 6.04 Å². The highest BCUT2D eigenvalue weighted by Crippen LogP contribution is 2.30. The Labute approximate surface area is 72.9 Å². The fourth-order valence-electron chi connectivity index (χ4n) is 1.89. The van der Waals surface area contributed by atoms with E-state index in [0.29, 0.717) is 5.92 Å². The van der Waals surface area contributed by atoms with Crippen LogP contribution >= 0.6 is 0 Å². The van der Waals surface area contributed by atoms with Crippen molar-refractivity contribution in [2.45, 2.75) is 38.6 Å². The molecule has 0 heterocycles. The average molecular weight is 171 g/mol. The minimum atomic E-state index is -0.641. The minimum absolute atomic E-state index is 0.111. The Morgan fingerprint density at radius 2 is 1.92 bits per heavy atom. The van der Waals surface area contributed by atoms with Gasteiger partial charge in [-0.2, -0.15) is 0 Å². The van der Waals surface area contributed by atoms with Crippen molar-refractivity contribution >= 4 is 5.97 Å². The van der Waals surface area contributed by atoms with Crippen molar-refractivity contribution in [1.29, 1.82) is 0 Å². The summed E-state index contributed by atoms with van der Waals surface area (Å²) in [5.74, 6) is -0.210. The predicted molar refractivity (Wildman–Crippen MR) is 46.7 cm³/mol. The summed E-state index contributed by atoms with van der Waals surface area (Å²) >= 11 is 0. The van der Waals surface area contributed by atoms with Crippen LogP contribution in [0.2, 0.25) is 0 Å². The van der Waals surface area contributed by atoms with Gasteiger partial charge in [0.1, 0.15) is 0 Å². The van der Waals surface area contributed by atoms with E-state index in [4.69, 9.17) is 10.8 Å². The van der Waals surface area contributed by atoms with Crippen LogP contribution in [0, 0.1) is 11.8 Å². The SMILES string of the molecule is C[C@@H](N)C1CCC(C(=O)O)CC1. The molecule has 0 saturated heterocycles. The molecule has 0 aromatic rings. The van der Waals surface area contributed by atoms with E-state index in [2.05, 4.69) is 0 Å². The monoisotopic (exact) mass is 171 g/mol. The summed E-state index contributed by atoms with van der Waals surface area (Å²) in [7, 11) is 0. The first-order chi connectivity index (χ1) is 5.61. The van der Waals surface area contributed by atoms with Crippen LogP contribution in [0.4, 0.5) is 0 Å². The molecule has 0 radical (unpaired) electrons. The molecule has 3 N–H and O–H groups in total. The molecule has 1 fully saturated rings. The maximum Gasteiger partial charge on any atom is 0.306 e. The van der Waals surface area contributed by atoms with Crippen molar-refractivity contribution in [3.63, 3.8) is 0 Å². The summed E-state index contributed by atoms with van der Waals surface area (Å²) in [5, 5.41) is 8.73. The standard InChI is InChI=1S/C9H17NO2/c1-6(10)7-2-4-8(5-3-7)9(11)12/h6-8H,2-5,10H2,1H3,(H,11,12)/t6-,7?,8?/m1/s1. The van der Waals surface area contributed by atoms with Gasteiger partial charge >= 0.3 is 5.97 Å². The number of aliphatic carboxylic acids is 1. The molecule has 1 saturated carbocycles. The average Bonchev–Trinajstić information content (AvgIpc) is 2.04. The summed E-state index contributed by atoms with van der Waals surface area (Å²) in [5.41, 5.74) is 5.74. The van der Waals surface area contributed by atoms with E-state index in [0.717, 1.165) is 25.7 Å². The van der Waals surface area contributed by atoms with Crippen molar-refractivity contribution in [1.82, 2.24) is 0 Å². The smallest absolute Gasteiger partial charge is 0.306 e. The summed E-state index contributed by atoms with van der Waals surface area (Å²) in [6, 6.07) is 0.222. The molecule has 3 nitrogen and oxygen atoms in total. The quantitative estimate of drug-likeness (QED) is 0.656. The van der Waals surface area contributed by atoms with E-state index >= 15 is 0 Å². The molecule has 0 aromatic heterocycles. The predicted octanol–water partition coefficient (Wildman–Crippen LogP) is 1.22. The molecule has 0 aromatic carbocycles. The lowest BCUT2D eigenvalue weighted by atomic mass is 9.79. The van der Waals surface area contributed by atoms with Gasteiger partial charge in [0.05, 0.1) is 5.92 Å². The van der Waals surface area contributed by atoms with Gasteiger partial charge in [-0.05, 0) is 38.5 Å². The fraction of sp³-hybridized carbons (Fsp3) is 0.889. The Hall–Kier alpha value is -0.570. The van der Waals surface area contributed by atoms with E-state index < -0.39 is 5.97 Å². The normalized spacial score (nSPS) is 32.8. The van der Waals surface area contributed by atoms with Crippen molar-refractivity contribution in [3.05, 3.63) is 0 Å². The molecule has 1 atom stereocenters. The Balaban J connectivity index is 2.34. The van der Waals surface area contributed by atoms with E-state index in [1.54, 1.807) is 0 Å². The zero-order chi connectivity index (χ0) is 9.14. The van der Waals surface area contributed by atoms with Crippen LogP contribution in [-0.4, -0.2) is 17.1 Å². The molecule has 1 aliphatic carbocycles. The molecule has 0 amide bonds. The van der Waals surface area contributed by atoms with Crippen molar-refractivity contribution < 1.29 is 9.90 Å². The topological polar surface area (TPSA) is 63.3 Å². The molecule has 0 bridgehead atoms. The number of carboxylic acid groups (broad SMARTS) is 1. The third-order valence-electron chi connectivity index (χ3n) is 2.86. The van der Waals surface area contributed by atoms with Crippen LogP contribution in [0.15, 0.2) is 0 Å². The minimum Gasteiger partial charge on any atom is -0.481 e. The molecular formula is C9H17NO2. The lowest BCUT2D eigenvalue weighted by Crippen LogP contribution is -2.31. The van der Waals surface area contributed by atoms with E-state index in [1.165, 1.54) is 0 Å².